The highest BCUT2D eigenvalue weighted by Gasteiger charge is 2.40. The van der Waals surface area contributed by atoms with Crippen molar-refractivity contribution in [3.05, 3.63) is 24.3 Å². The van der Waals surface area contributed by atoms with Gasteiger partial charge < -0.3 is 17.7 Å². The molecule has 0 aliphatic heterocycles. The van der Waals surface area contributed by atoms with Crippen LogP contribution in [0.2, 0.25) is 12.1 Å². The van der Waals surface area contributed by atoms with E-state index in [-0.39, 0.29) is 0 Å². The van der Waals surface area contributed by atoms with Gasteiger partial charge in [0.2, 0.25) is 0 Å². The van der Waals surface area contributed by atoms with Crippen molar-refractivity contribution in [3.63, 3.8) is 0 Å². The minimum Gasteiger partial charge on any atom is -0.391 e. The smallest absolute Gasteiger partial charge is 0.372 e. The summed E-state index contributed by atoms with van der Waals surface area (Å²) in [5.41, 5.74) is 0. The van der Waals surface area contributed by atoms with E-state index in [4.69, 9.17) is 17.7 Å². The summed E-state index contributed by atoms with van der Waals surface area (Å²) in [6.45, 7) is 15.1. The third-order valence-electron chi connectivity index (χ3n) is 4.21. The third-order valence-corrected chi connectivity index (χ3v) is 11.5. The molecule has 0 amide bonds. The van der Waals surface area contributed by atoms with Crippen LogP contribution in [0.4, 0.5) is 0 Å². The molecule has 0 atom stereocenters. The van der Waals surface area contributed by atoms with Crippen LogP contribution in [0.1, 0.15) is 41.5 Å². The van der Waals surface area contributed by atoms with Crippen LogP contribution in [-0.4, -0.2) is 43.5 Å². The van der Waals surface area contributed by atoms with Crippen molar-refractivity contribution in [2.45, 2.75) is 53.6 Å². The molecule has 0 aliphatic rings. The van der Waals surface area contributed by atoms with Crippen LogP contribution in [0.5, 0.6) is 0 Å². The van der Waals surface area contributed by atoms with Gasteiger partial charge in [0.15, 0.2) is 0 Å². The Labute approximate surface area is 150 Å². The van der Waals surface area contributed by atoms with Crippen molar-refractivity contribution >= 4 is 27.5 Å². The molecule has 1 aromatic rings. The van der Waals surface area contributed by atoms with Crippen LogP contribution in [0, 0.1) is 0 Å². The quantitative estimate of drug-likeness (QED) is 0.530. The summed E-state index contributed by atoms with van der Waals surface area (Å²) >= 11 is 0. The maximum Gasteiger partial charge on any atom is 0.372 e. The molecule has 24 heavy (non-hydrogen) atoms. The third kappa shape index (κ3) is 4.77. The highest BCUT2D eigenvalue weighted by molar-refractivity contribution is 6.82. The molecule has 0 bridgehead atoms. The van der Waals surface area contributed by atoms with Crippen LogP contribution in [0.15, 0.2) is 24.3 Å². The van der Waals surface area contributed by atoms with E-state index >= 15 is 0 Å². The second-order valence-corrected chi connectivity index (χ2v) is 12.3. The molecule has 0 N–H and O–H groups in total. The van der Waals surface area contributed by atoms with Crippen molar-refractivity contribution in [2.24, 2.45) is 0 Å². The summed E-state index contributed by atoms with van der Waals surface area (Å²) in [6.07, 6.45) is 0. The molecule has 0 saturated heterocycles. The van der Waals surface area contributed by atoms with Crippen molar-refractivity contribution in [1.29, 1.82) is 0 Å². The van der Waals surface area contributed by atoms with Gasteiger partial charge in [0.1, 0.15) is 0 Å². The molecule has 0 heterocycles. The maximum atomic E-state index is 6.12. The molecule has 0 fully saturated rings. The Kier molecular flexibility index (Phi) is 9.40. The SMILES string of the molecule is CCO[Si](CC)(OCC)c1ccc([Si](CC)(OCC)OCC)cc1. The minimum atomic E-state index is -2.34. The first kappa shape index (κ1) is 21.5. The second-order valence-electron chi connectivity index (χ2n) is 5.52. The standard InChI is InChI=1S/C18H34O4Si2/c1-7-19-23(11-5,20-8-2)17-13-15-18(16-14-17)24(12-6,21-9-3)22-10-4/h13-16H,7-12H2,1-6H3. The van der Waals surface area contributed by atoms with Crippen LogP contribution in [0.3, 0.4) is 0 Å². The molecule has 6 heteroatoms. The topological polar surface area (TPSA) is 36.9 Å². The normalized spacial score (nSPS) is 12.6. The van der Waals surface area contributed by atoms with Crippen molar-refractivity contribution in [2.75, 3.05) is 26.4 Å². The van der Waals surface area contributed by atoms with Crippen molar-refractivity contribution in [3.8, 4) is 0 Å². The molecule has 4 nitrogen and oxygen atoms in total. The lowest BCUT2D eigenvalue weighted by atomic mass is 10.4. The van der Waals surface area contributed by atoms with Crippen LogP contribution < -0.4 is 10.4 Å². The molecular weight excluding hydrogens is 336 g/mol. The average Bonchev–Trinajstić information content (AvgIpc) is 2.61. The van der Waals surface area contributed by atoms with Crippen LogP contribution in [-0.2, 0) is 17.7 Å². The predicted molar refractivity (Wildman–Crippen MR) is 105 cm³/mol. The first-order valence-corrected chi connectivity index (χ1v) is 13.3. The first-order valence-electron chi connectivity index (χ1n) is 9.24. The second kappa shape index (κ2) is 10.5. The van der Waals surface area contributed by atoms with Crippen LogP contribution in [0.25, 0.3) is 0 Å². The summed E-state index contributed by atoms with van der Waals surface area (Å²) in [7, 11) is -4.68. The molecule has 0 radical (unpaired) electrons. The van der Waals surface area contributed by atoms with Gasteiger partial charge in [-0.1, -0.05) is 38.1 Å². The van der Waals surface area contributed by atoms with E-state index in [1.165, 1.54) is 10.4 Å². The summed E-state index contributed by atoms with van der Waals surface area (Å²) in [5, 5.41) is 2.37. The van der Waals surface area contributed by atoms with Crippen LogP contribution >= 0.6 is 0 Å². The summed E-state index contributed by atoms with van der Waals surface area (Å²) in [4.78, 5) is 0. The molecule has 0 unspecified atom stereocenters. The first-order chi connectivity index (χ1) is 11.6. The van der Waals surface area contributed by atoms with E-state index in [0.717, 1.165) is 12.1 Å². The zero-order valence-corrected chi connectivity index (χ0v) is 18.2. The Balaban J connectivity index is 3.21. The zero-order chi connectivity index (χ0) is 18.1. The van der Waals surface area contributed by atoms with Gasteiger partial charge in [-0.05, 0) is 50.2 Å². The number of hydrogen-bond donors (Lipinski definition) is 0. The highest BCUT2D eigenvalue weighted by Crippen LogP contribution is 2.17. The molecular formula is C18H34O4Si2. The number of benzene rings is 1. The fraction of sp³-hybridized carbons (Fsp3) is 0.667. The summed E-state index contributed by atoms with van der Waals surface area (Å²) < 4.78 is 24.5. The zero-order valence-electron chi connectivity index (χ0n) is 16.2. The molecule has 0 saturated carbocycles. The molecule has 1 aromatic carbocycles. The van der Waals surface area contributed by atoms with E-state index in [9.17, 15) is 0 Å². The maximum absolute atomic E-state index is 6.12. The molecule has 0 spiro atoms. The van der Waals surface area contributed by atoms with Gasteiger partial charge in [0.25, 0.3) is 0 Å². The summed E-state index contributed by atoms with van der Waals surface area (Å²) in [5.74, 6) is 0. The van der Waals surface area contributed by atoms with Gasteiger partial charge in [0.05, 0.1) is 0 Å². The predicted octanol–water partition coefficient (Wildman–Crippen LogP) is 3.17. The van der Waals surface area contributed by atoms with E-state index in [1.54, 1.807) is 0 Å². The lowest BCUT2D eigenvalue weighted by Crippen LogP contribution is -2.56. The lowest BCUT2D eigenvalue weighted by Gasteiger charge is -2.31. The van der Waals surface area contributed by atoms with Crippen molar-refractivity contribution in [1.82, 2.24) is 0 Å². The number of rotatable bonds is 12. The van der Waals surface area contributed by atoms with Gasteiger partial charge in [-0.15, -0.1) is 0 Å². The fourth-order valence-corrected chi connectivity index (χ4v) is 8.82. The average molecular weight is 371 g/mol. The van der Waals surface area contributed by atoms with Gasteiger partial charge in [-0.25, -0.2) is 0 Å². The Morgan fingerprint density at radius 2 is 0.792 bits per heavy atom. The molecule has 0 aliphatic carbocycles. The monoisotopic (exact) mass is 370 g/mol. The Hall–Kier alpha value is -0.506. The summed E-state index contributed by atoms with van der Waals surface area (Å²) in [6, 6.07) is 10.4. The Bertz CT molecular complexity index is 410. The van der Waals surface area contributed by atoms with E-state index in [2.05, 4.69) is 38.1 Å². The Morgan fingerprint density at radius 1 is 0.542 bits per heavy atom. The Morgan fingerprint density at radius 3 is 0.958 bits per heavy atom. The van der Waals surface area contributed by atoms with E-state index in [1.807, 2.05) is 27.7 Å². The fourth-order valence-electron chi connectivity index (χ4n) is 3.14. The number of hydrogen-bond acceptors (Lipinski definition) is 4. The molecule has 1 rings (SSSR count). The van der Waals surface area contributed by atoms with E-state index < -0.39 is 17.1 Å². The largest absolute Gasteiger partial charge is 0.391 e. The van der Waals surface area contributed by atoms with Crippen molar-refractivity contribution < 1.29 is 17.7 Å². The van der Waals surface area contributed by atoms with Gasteiger partial charge in [-0.2, -0.15) is 0 Å². The van der Waals surface area contributed by atoms with E-state index in [0.29, 0.717) is 26.4 Å². The lowest BCUT2D eigenvalue weighted by molar-refractivity contribution is 0.196. The molecule has 0 aromatic heterocycles. The van der Waals surface area contributed by atoms with Gasteiger partial charge in [-0.3, -0.25) is 0 Å². The van der Waals surface area contributed by atoms with Gasteiger partial charge >= 0.3 is 17.1 Å². The van der Waals surface area contributed by atoms with Gasteiger partial charge in [0, 0.05) is 26.4 Å². The highest BCUT2D eigenvalue weighted by atomic mass is 28.4. The minimum absolute atomic E-state index is 0.674. The molecule has 138 valence electrons.